The third-order valence-electron chi connectivity index (χ3n) is 4.19. The fourth-order valence-corrected chi connectivity index (χ4v) is 5.66. The number of non-ortho nitro benzene ring substituents is 1. The Balaban J connectivity index is 2.18. The number of fused-ring (bicyclic) bond motifs is 1. The first kappa shape index (κ1) is 22.8. The van der Waals surface area contributed by atoms with Gasteiger partial charge in [0.05, 0.1) is 11.5 Å². The van der Waals surface area contributed by atoms with Crippen LogP contribution in [-0.2, 0) is 19.6 Å². The minimum Gasteiger partial charge on any atom is -0.506 e. The number of carbonyl (C=O) groups is 1. The molecule has 0 bridgehead atoms. The summed E-state index contributed by atoms with van der Waals surface area (Å²) in [6, 6.07) is 7.55. The van der Waals surface area contributed by atoms with Gasteiger partial charge in [-0.3, -0.25) is 10.1 Å². The Bertz CT molecular complexity index is 1250. The summed E-state index contributed by atoms with van der Waals surface area (Å²) in [5.74, 6) is -1.63. The number of hydrogen-bond donors (Lipinski definition) is 1. The van der Waals surface area contributed by atoms with Crippen molar-refractivity contribution in [3.8, 4) is 0 Å². The standard InChI is InChI=1S/C19H15ClN2O7S2/c1-3-29-19(24)16(17(23)11-4-6-12(7-5-11)22(25)26)18-21-31(27,28)15-8-10(2)13(20)9-14(15)30-18/h4-9,23H,3H2,1-2H3/b17-16-. The van der Waals surface area contributed by atoms with E-state index in [4.69, 9.17) is 16.3 Å². The van der Waals surface area contributed by atoms with Gasteiger partial charge in [-0.05, 0) is 43.7 Å². The van der Waals surface area contributed by atoms with E-state index in [1.807, 2.05) is 0 Å². The van der Waals surface area contributed by atoms with Crippen molar-refractivity contribution in [3.63, 3.8) is 0 Å². The topological polar surface area (TPSA) is 136 Å². The van der Waals surface area contributed by atoms with Crippen molar-refractivity contribution in [3.05, 3.63) is 68.2 Å². The average Bonchev–Trinajstić information content (AvgIpc) is 2.69. The molecule has 31 heavy (non-hydrogen) atoms. The molecule has 0 atom stereocenters. The zero-order valence-electron chi connectivity index (χ0n) is 16.2. The summed E-state index contributed by atoms with van der Waals surface area (Å²) in [6.07, 6.45) is 0. The summed E-state index contributed by atoms with van der Waals surface area (Å²) in [4.78, 5) is 23.0. The van der Waals surface area contributed by atoms with Gasteiger partial charge in [0.15, 0.2) is 0 Å². The minimum atomic E-state index is -4.19. The van der Waals surface area contributed by atoms with Crippen molar-refractivity contribution in [2.45, 2.75) is 23.6 Å². The van der Waals surface area contributed by atoms with Gasteiger partial charge >= 0.3 is 5.97 Å². The summed E-state index contributed by atoms with van der Waals surface area (Å²) in [5.41, 5.74) is -0.119. The third kappa shape index (κ3) is 4.58. The van der Waals surface area contributed by atoms with Gasteiger partial charge in [-0.15, -0.1) is 0 Å². The number of aliphatic hydroxyl groups is 1. The molecule has 1 N–H and O–H groups in total. The molecule has 162 valence electrons. The second-order valence-corrected chi connectivity index (χ2v) is 9.28. The zero-order chi connectivity index (χ0) is 22.9. The van der Waals surface area contributed by atoms with Crippen LogP contribution >= 0.6 is 23.4 Å². The molecule has 0 aromatic heterocycles. The molecule has 0 spiro atoms. The number of halogens is 1. The molecule has 12 heteroatoms. The van der Waals surface area contributed by atoms with Crippen LogP contribution in [0.25, 0.3) is 5.76 Å². The highest BCUT2D eigenvalue weighted by molar-refractivity contribution is 8.16. The molecule has 0 aliphatic carbocycles. The fraction of sp³-hybridized carbons (Fsp3) is 0.158. The summed E-state index contributed by atoms with van der Waals surface area (Å²) < 4.78 is 34.2. The maximum absolute atomic E-state index is 12.7. The predicted molar refractivity (Wildman–Crippen MR) is 116 cm³/mol. The van der Waals surface area contributed by atoms with Crippen LogP contribution in [0.4, 0.5) is 5.69 Å². The largest absolute Gasteiger partial charge is 0.506 e. The first-order chi connectivity index (χ1) is 14.5. The van der Waals surface area contributed by atoms with Gasteiger partial charge in [-0.2, -0.15) is 12.8 Å². The van der Waals surface area contributed by atoms with Crippen LogP contribution in [0, 0.1) is 17.0 Å². The first-order valence-electron chi connectivity index (χ1n) is 8.73. The number of esters is 1. The van der Waals surface area contributed by atoms with E-state index in [0.29, 0.717) is 10.6 Å². The lowest BCUT2D eigenvalue weighted by Crippen LogP contribution is -2.20. The number of aliphatic hydroxyl groups excluding tert-OH is 1. The van der Waals surface area contributed by atoms with E-state index >= 15 is 0 Å². The molecule has 1 heterocycles. The molecule has 3 rings (SSSR count). The molecule has 1 aliphatic rings. The lowest BCUT2D eigenvalue weighted by molar-refractivity contribution is -0.384. The summed E-state index contributed by atoms with van der Waals surface area (Å²) >= 11 is 6.96. The van der Waals surface area contributed by atoms with Crippen molar-refractivity contribution < 1.29 is 28.0 Å². The number of ether oxygens (including phenoxy) is 1. The van der Waals surface area contributed by atoms with E-state index in [1.54, 1.807) is 13.8 Å². The second kappa shape index (κ2) is 8.69. The molecule has 0 unspecified atom stereocenters. The highest BCUT2D eigenvalue weighted by atomic mass is 35.5. The van der Waals surface area contributed by atoms with Crippen LogP contribution in [0.15, 0.2) is 56.2 Å². The molecule has 0 amide bonds. The molecule has 0 saturated heterocycles. The Labute approximate surface area is 186 Å². The number of nitro benzene ring substituents is 1. The predicted octanol–water partition coefficient (Wildman–Crippen LogP) is 4.28. The number of rotatable bonds is 5. The number of carbonyl (C=O) groups excluding carboxylic acids is 1. The third-order valence-corrected chi connectivity index (χ3v) is 7.21. The molecule has 0 fully saturated rings. The number of thioether (sulfide) groups is 1. The minimum absolute atomic E-state index is 0.0395. The van der Waals surface area contributed by atoms with Crippen LogP contribution in [0.5, 0.6) is 0 Å². The summed E-state index contributed by atoms with van der Waals surface area (Å²) in [7, 11) is -4.19. The van der Waals surface area contributed by atoms with Gasteiger partial charge in [-0.25, -0.2) is 4.79 Å². The van der Waals surface area contributed by atoms with Gasteiger partial charge in [0.1, 0.15) is 21.3 Å². The number of benzene rings is 2. The van der Waals surface area contributed by atoms with E-state index in [1.165, 1.54) is 24.3 Å². The smallest absolute Gasteiger partial charge is 0.344 e. The monoisotopic (exact) mass is 482 g/mol. The molecular weight excluding hydrogens is 468 g/mol. The van der Waals surface area contributed by atoms with Crippen molar-refractivity contribution in [1.82, 2.24) is 0 Å². The Morgan fingerprint density at radius 1 is 1.29 bits per heavy atom. The van der Waals surface area contributed by atoms with Crippen molar-refractivity contribution in [2.24, 2.45) is 4.40 Å². The molecule has 2 aromatic rings. The number of nitro groups is 1. The summed E-state index contributed by atoms with van der Waals surface area (Å²) in [5, 5.41) is 21.6. The Morgan fingerprint density at radius 3 is 2.52 bits per heavy atom. The lowest BCUT2D eigenvalue weighted by Gasteiger charge is -2.18. The van der Waals surface area contributed by atoms with Crippen molar-refractivity contribution in [2.75, 3.05) is 6.61 Å². The second-order valence-electron chi connectivity index (χ2n) is 6.27. The first-order valence-corrected chi connectivity index (χ1v) is 11.4. The van der Waals surface area contributed by atoms with Crippen molar-refractivity contribution >= 4 is 55.8 Å². The van der Waals surface area contributed by atoms with Gasteiger partial charge in [0, 0.05) is 27.6 Å². The Morgan fingerprint density at radius 2 is 1.94 bits per heavy atom. The number of nitrogens with zero attached hydrogens (tertiary/aromatic N) is 2. The van der Waals surface area contributed by atoms with Crippen LogP contribution in [0.3, 0.4) is 0 Å². The Hall–Kier alpha value is -2.89. The van der Waals surface area contributed by atoms with Crippen LogP contribution in [0.2, 0.25) is 5.02 Å². The maximum atomic E-state index is 12.7. The summed E-state index contributed by atoms with van der Waals surface area (Å²) in [6.45, 7) is 3.15. The zero-order valence-corrected chi connectivity index (χ0v) is 18.5. The SMILES string of the molecule is CCOC(=O)/C(C1=NS(=O)(=O)c2cc(C)c(Cl)cc2S1)=C(\O)c1ccc([N+](=O)[O-])cc1. The maximum Gasteiger partial charge on any atom is 0.344 e. The normalized spacial score (nSPS) is 15.4. The van der Waals surface area contributed by atoms with E-state index in [9.17, 15) is 28.4 Å². The highest BCUT2D eigenvalue weighted by Crippen LogP contribution is 2.40. The fourth-order valence-electron chi connectivity index (χ4n) is 2.67. The number of aryl methyl sites for hydroxylation is 1. The number of hydrogen-bond acceptors (Lipinski definition) is 8. The highest BCUT2D eigenvalue weighted by Gasteiger charge is 2.33. The molecule has 2 aromatic carbocycles. The van der Waals surface area contributed by atoms with Gasteiger partial charge in [0.25, 0.3) is 15.7 Å². The van der Waals surface area contributed by atoms with E-state index in [0.717, 1.165) is 23.9 Å². The van der Waals surface area contributed by atoms with Crippen molar-refractivity contribution in [1.29, 1.82) is 0 Å². The van der Waals surface area contributed by atoms with Crippen LogP contribution in [0.1, 0.15) is 18.1 Å². The van der Waals surface area contributed by atoms with E-state index < -0.39 is 32.2 Å². The van der Waals surface area contributed by atoms with Gasteiger partial charge < -0.3 is 9.84 Å². The van der Waals surface area contributed by atoms with E-state index in [-0.39, 0.29) is 32.7 Å². The average molecular weight is 483 g/mol. The molecule has 0 radical (unpaired) electrons. The molecular formula is C19H15ClN2O7S2. The van der Waals surface area contributed by atoms with Crippen LogP contribution in [-0.4, -0.2) is 36.1 Å². The van der Waals surface area contributed by atoms with Gasteiger partial charge in [-0.1, -0.05) is 23.4 Å². The lowest BCUT2D eigenvalue weighted by atomic mass is 10.1. The molecule has 1 aliphatic heterocycles. The molecule has 9 nitrogen and oxygen atoms in total. The molecule has 0 saturated carbocycles. The Kier molecular flexibility index (Phi) is 6.39. The van der Waals surface area contributed by atoms with Gasteiger partial charge in [0.2, 0.25) is 0 Å². The quantitative estimate of drug-likeness (QED) is 0.219. The number of sulfonamides is 1. The van der Waals surface area contributed by atoms with E-state index in [2.05, 4.69) is 4.40 Å². The van der Waals surface area contributed by atoms with Crippen LogP contribution < -0.4 is 0 Å².